The molecule has 2 aromatic heterocycles. The Hall–Kier alpha value is -2.33. The van der Waals surface area contributed by atoms with E-state index in [0.717, 1.165) is 0 Å². The van der Waals surface area contributed by atoms with E-state index < -0.39 is 0 Å². The maximum absolute atomic E-state index is 11.7. The predicted octanol–water partition coefficient (Wildman–Crippen LogP) is 1.41. The number of pyridine rings is 1. The Balaban J connectivity index is 2.01. The molecular formula is C11H8N4O2S. The van der Waals surface area contributed by atoms with Gasteiger partial charge in [0.05, 0.1) is 23.7 Å². The zero-order valence-corrected chi connectivity index (χ0v) is 10.0. The van der Waals surface area contributed by atoms with E-state index in [9.17, 15) is 4.79 Å². The average molecular weight is 260 g/mol. The van der Waals surface area contributed by atoms with Gasteiger partial charge < -0.3 is 9.73 Å². The van der Waals surface area contributed by atoms with Crippen LogP contribution in [-0.4, -0.2) is 15.9 Å². The average Bonchev–Trinajstić information content (AvgIpc) is 2.74. The number of oxazole rings is 1. The summed E-state index contributed by atoms with van der Waals surface area (Å²) < 4.78 is 4.87. The van der Waals surface area contributed by atoms with Crippen molar-refractivity contribution in [1.29, 1.82) is 5.26 Å². The number of nitriles is 1. The summed E-state index contributed by atoms with van der Waals surface area (Å²) in [5.41, 5.74) is 0.910. The van der Waals surface area contributed by atoms with Gasteiger partial charge in [-0.05, 0) is 12.1 Å². The highest BCUT2D eigenvalue weighted by atomic mass is 32.1. The van der Waals surface area contributed by atoms with Gasteiger partial charge in [0.2, 0.25) is 5.91 Å². The third-order valence-corrected chi connectivity index (χ3v) is 2.24. The molecule has 1 amide bonds. The first-order valence-electron chi connectivity index (χ1n) is 4.97. The van der Waals surface area contributed by atoms with Crippen molar-refractivity contribution in [2.24, 2.45) is 0 Å². The molecular weight excluding hydrogens is 252 g/mol. The standard InChI is InChI=1S/C11H8N4O2S/c12-5-7-1-2-13-9(3-7)15-10(16)4-8-6-17-11(18)14-8/h1-3,6H,4H2,(H,14,18)(H,13,15,16). The molecule has 2 rings (SSSR count). The SMILES string of the molecule is N#Cc1ccnc(NC(=O)Cc2coc(S)n2)c1. The molecule has 0 aliphatic heterocycles. The number of nitrogens with one attached hydrogen (secondary N) is 1. The Morgan fingerprint density at radius 1 is 1.61 bits per heavy atom. The van der Waals surface area contributed by atoms with Crippen molar-refractivity contribution >= 4 is 24.4 Å². The lowest BCUT2D eigenvalue weighted by Gasteiger charge is -2.02. The van der Waals surface area contributed by atoms with E-state index in [-0.39, 0.29) is 17.6 Å². The third kappa shape index (κ3) is 3.09. The molecule has 0 aliphatic rings. The molecule has 7 heteroatoms. The van der Waals surface area contributed by atoms with Gasteiger partial charge in [0.15, 0.2) is 0 Å². The Morgan fingerprint density at radius 2 is 2.44 bits per heavy atom. The number of amides is 1. The van der Waals surface area contributed by atoms with E-state index in [1.54, 1.807) is 6.07 Å². The van der Waals surface area contributed by atoms with Crippen LogP contribution in [0.3, 0.4) is 0 Å². The van der Waals surface area contributed by atoms with Gasteiger partial charge in [0, 0.05) is 6.20 Å². The van der Waals surface area contributed by atoms with Crippen LogP contribution < -0.4 is 5.32 Å². The molecule has 0 spiro atoms. The second-order valence-corrected chi connectivity index (χ2v) is 3.77. The molecule has 0 saturated carbocycles. The normalized spacial score (nSPS) is 9.78. The summed E-state index contributed by atoms with van der Waals surface area (Å²) in [6.07, 6.45) is 2.87. The maximum atomic E-state index is 11.7. The summed E-state index contributed by atoms with van der Waals surface area (Å²) in [7, 11) is 0. The van der Waals surface area contributed by atoms with E-state index in [4.69, 9.17) is 9.68 Å². The highest BCUT2D eigenvalue weighted by Crippen LogP contribution is 2.09. The number of rotatable bonds is 3. The van der Waals surface area contributed by atoms with Crippen molar-refractivity contribution in [3.63, 3.8) is 0 Å². The molecule has 0 radical (unpaired) electrons. The molecule has 1 N–H and O–H groups in total. The molecule has 2 heterocycles. The fourth-order valence-electron chi connectivity index (χ4n) is 1.30. The fourth-order valence-corrected chi connectivity index (χ4v) is 1.48. The lowest BCUT2D eigenvalue weighted by Crippen LogP contribution is -2.15. The lowest BCUT2D eigenvalue weighted by molar-refractivity contribution is -0.115. The monoisotopic (exact) mass is 260 g/mol. The molecule has 0 unspecified atom stereocenters. The smallest absolute Gasteiger partial charge is 0.252 e. The summed E-state index contributed by atoms with van der Waals surface area (Å²) in [6.45, 7) is 0. The van der Waals surface area contributed by atoms with Gasteiger partial charge in [-0.15, -0.1) is 0 Å². The van der Waals surface area contributed by atoms with Crippen LogP contribution in [0.2, 0.25) is 0 Å². The number of hydrogen-bond donors (Lipinski definition) is 2. The van der Waals surface area contributed by atoms with Crippen LogP contribution >= 0.6 is 12.6 Å². The van der Waals surface area contributed by atoms with Crippen LogP contribution in [-0.2, 0) is 11.2 Å². The van der Waals surface area contributed by atoms with Crippen LogP contribution in [0.25, 0.3) is 0 Å². The molecule has 18 heavy (non-hydrogen) atoms. The number of anilines is 1. The zero-order chi connectivity index (χ0) is 13.0. The lowest BCUT2D eigenvalue weighted by atomic mass is 10.3. The Labute approximate surface area is 108 Å². The van der Waals surface area contributed by atoms with Gasteiger partial charge in [-0.2, -0.15) is 5.26 Å². The number of carbonyl (C=O) groups is 1. The van der Waals surface area contributed by atoms with Crippen LogP contribution in [0.15, 0.2) is 34.2 Å². The summed E-state index contributed by atoms with van der Waals surface area (Å²) in [5.74, 6) is 0.0351. The number of hydrogen-bond acceptors (Lipinski definition) is 6. The molecule has 0 atom stereocenters. The fraction of sp³-hybridized carbons (Fsp3) is 0.0909. The van der Waals surface area contributed by atoms with E-state index in [1.165, 1.54) is 18.5 Å². The minimum Gasteiger partial charge on any atom is -0.440 e. The van der Waals surface area contributed by atoms with Crippen molar-refractivity contribution in [2.45, 2.75) is 11.6 Å². The van der Waals surface area contributed by atoms with Gasteiger partial charge >= 0.3 is 0 Å². The molecule has 0 fully saturated rings. The molecule has 0 aromatic carbocycles. The minimum atomic E-state index is -0.292. The number of nitrogens with zero attached hydrogens (tertiary/aromatic N) is 3. The van der Waals surface area contributed by atoms with Gasteiger partial charge in [-0.25, -0.2) is 9.97 Å². The molecule has 0 saturated heterocycles. The Morgan fingerprint density at radius 3 is 3.11 bits per heavy atom. The van der Waals surface area contributed by atoms with Gasteiger partial charge in [0.1, 0.15) is 12.1 Å². The van der Waals surface area contributed by atoms with Gasteiger partial charge in [0.25, 0.3) is 5.22 Å². The van der Waals surface area contributed by atoms with Crippen LogP contribution in [0, 0.1) is 11.3 Å². The number of carbonyl (C=O) groups excluding carboxylic acids is 1. The minimum absolute atomic E-state index is 0.0581. The second-order valence-electron chi connectivity index (χ2n) is 3.39. The van der Waals surface area contributed by atoms with Crippen molar-refractivity contribution in [2.75, 3.05) is 5.32 Å². The van der Waals surface area contributed by atoms with Crippen LogP contribution in [0.1, 0.15) is 11.3 Å². The van der Waals surface area contributed by atoms with Crippen molar-refractivity contribution in [3.8, 4) is 6.07 Å². The van der Waals surface area contributed by atoms with Crippen molar-refractivity contribution in [1.82, 2.24) is 9.97 Å². The second kappa shape index (κ2) is 5.33. The first-order valence-corrected chi connectivity index (χ1v) is 5.41. The van der Waals surface area contributed by atoms with E-state index >= 15 is 0 Å². The van der Waals surface area contributed by atoms with Crippen molar-refractivity contribution < 1.29 is 9.21 Å². The predicted molar refractivity (Wildman–Crippen MR) is 65.0 cm³/mol. The van der Waals surface area contributed by atoms with Gasteiger partial charge in [-0.3, -0.25) is 4.79 Å². The molecule has 90 valence electrons. The third-order valence-electron chi connectivity index (χ3n) is 2.04. The number of aromatic nitrogens is 2. The van der Waals surface area contributed by atoms with Crippen molar-refractivity contribution in [3.05, 3.63) is 35.9 Å². The molecule has 6 nitrogen and oxygen atoms in total. The number of thiol groups is 1. The topological polar surface area (TPSA) is 91.8 Å². The molecule has 2 aromatic rings. The largest absolute Gasteiger partial charge is 0.440 e. The highest BCUT2D eigenvalue weighted by Gasteiger charge is 2.08. The Kier molecular flexibility index (Phi) is 3.60. The van der Waals surface area contributed by atoms with E-state index in [0.29, 0.717) is 17.1 Å². The summed E-state index contributed by atoms with van der Waals surface area (Å²) in [5, 5.41) is 11.5. The first kappa shape index (κ1) is 12.1. The molecule has 0 aliphatic carbocycles. The summed E-state index contributed by atoms with van der Waals surface area (Å²) in [6, 6.07) is 5.01. The van der Waals surface area contributed by atoms with E-state index in [2.05, 4.69) is 27.9 Å². The van der Waals surface area contributed by atoms with Crippen LogP contribution in [0.4, 0.5) is 5.82 Å². The quantitative estimate of drug-likeness (QED) is 0.814. The van der Waals surface area contributed by atoms with E-state index in [1.807, 2.05) is 6.07 Å². The van der Waals surface area contributed by atoms with Crippen LogP contribution in [0.5, 0.6) is 0 Å². The maximum Gasteiger partial charge on any atom is 0.252 e. The van der Waals surface area contributed by atoms with Gasteiger partial charge in [-0.1, -0.05) is 12.6 Å². The molecule has 0 bridgehead atoms. The summed E-state index contributed by atoms with van der Waals surface area (Å²) in [4.78, 5) is 19.5. The first-order chi connectivity index (χ1) is 8.67. The Bertz CT molecular complexity index is 618. The zero-order valence-electron chi connectivity index (χ0n) is 9.12. The summed E-state index contributed by atoms with van der Waals surface area (Å²) >= 11 is 3.89. The highest BCUT2D eigenvalue weighted by molar-refractivity contribution is 7.80.